The minimum Gasteiger partial charge on any atom is -0.326 e. The number of rotatable bonds is 3. The van der Waals surface area contributed by atoms with Gasteiger partial charge in [-0.3, -0.25) is 9.80 Å². The zero-order chi connectivity index (χ0) is 13.1. The van der Waals surface area contributed by atoms with Crippen LogP contribution in [0.15, 0.2) is 24.3 Å². The van der Waals surface area contributed by atoms with E-state index in [4.69, 9.17) is 5.73 Å². The summed E-state index contributed by atoms with van der Waals surface area (Å²) in [6, 6.07) is 9.42. The number of benzene rings is 1. The second-order valence-corrected chi connectivity index (χ2v) is 5.89. The number of nitrogens with zero attached hydrogens (tertiary/aromatic N) is 2. The lowest BCUT2D eigenvalue weighted by Crippen LogP contribution is -2.36. The normalized spacial score (nSPS) is 25.2. The summed E-state index contributed by atoms with van der Waals surface area (Å²) in [6.07, 6.45) is 4.08. The number of nitrogens with two attached hydrogens (primary N) is 1. The first-order chi connectivity index (χ1) is 9.36. The van der Waals surface area contributed by atoms with Gasteiger partial charge in [-0.2, -0.15) is 0 Å². The van der Waals surface area contributed by atoms with Crippen molar-refractivity contribution in [1.29, 1.82) is 0 Å². The molecule has 0 amide bonds. The highest BCUT2D eigenvalue weighted by molar-refractivity contribution is 5.26. The van der Waals surface area contributed by atoms with Crippen molar-refractivity contribution in [2.45, 2.75) is 38.4 Å². The van der Waals surface area contributed by atoms with Gasteiger partial charge in [0, 0.05) is 25.7 Å². The predicted molar refractivity (Wildman–Crippen MR) is 78.8 cm³/mol. The van der Waals surface area contributed by atoms with Crippen LogP contribution in [0.4, 0.5) is 0 Å². The maximum atomic E-state index is 5.85. The van der Waals surface area contributed by atoms with Crippen LogP contribution >= 0.6 is 0 Å². The minimum atomic E-state index is 0.652. The summed E-state index contributed by atoms with van der Waals surface area (Å²) in [7, 11) is 0. The number of hydrogen-bond acceptors (Lipinski definition) is 3. The molecule has 2 heterocycles. The summed E-state index contributed by atoms with van der Waals surface area (Å²) in [4.78, 5) is 5.32. The van der Waals surface area contributed by atoms with Crippen molar-refractivity contribution in [3.63, 3.8) is 0 Å². The Morgan fingerprint density at radius 1 is 1.05 bits per heavy atom. The summed E-state index contributed by atoms with van der Waals surface area (Å²) in [5, 5.41) is 0. The van der Waals surface area contributed by atoms with Gasteiger partial charge in [-0.25, -0.2) is 0 Å². The van der Waals surface area contributed by atoms with Crippen LogP contribution in [-0.2, 0) is 13.1 Å². The first kappa shape index (κ1) is 13.1. The third kappa shape index (κ3) is 2.99. The van der Waals surface area contributed by atoms with E-state index in [1.807, 2.05) is 0 Å². The molecule has 2 fully saturated rings. The third-order valence-electron chi connectivity index (χ3n) is 4.62. The SMILES string of the molecule is NCc1ccccc1CN1CCCN2CCCC2C1. The molecule has 2 N–H and O–H groups in total. The van der Waals surface area contributed by atoms with Crippen molar-refractivity contribution in [1.82, 2.24) is 9.80 Å². The highest BCUT2D eigenvalue weighted by Crippen LogP contribution is 2.22. The van der Waals surface area contributed by atoms with E-state index >= 15 is 0 Å². The lowest BCUT2D eigenvalue weighted by atomic mass is 10.1. The van der Waals surface area contributed by atoms with Crippen LogP contribution in [0.25, 0.3) is 0 Å². The van der Waals surface area contributed by atoms with Crippen LogP contribution < -0.4 is 5.73 Å². The average molecular weight is 259 g/mol. The molecule has 19 heavy (non-hydrogen) atoms. The quantitative estimate of drug-likeness (QED) is 0.898. The molecule has 1 aromatic rings. The van der Waals surface area contributed by atoms with Crippen LogP contribution in [0, 0.1) is 0 Å². The summed E-state index contributed by atoms with van der Waals surface area (Å²) < 4.78 is 0. The van der Waals surface area contributed by atoms with E-state index in [0.29, 0.717) is 6.54 Å². The molecular formula is C16H25N3. The molecule has 2 aliphatic rings. The Morgan fingerprint density at radius 2 is 1.84 bits per heavy atom. The summed E-state index contributed by atoms with van der Waals surface area (Å²) >= 11 is 0. The fourth-order valence-electron chi connectivity index (χ4n) is 3.58. The lowest BCUT2D eigenvalue weighted by molar-refractivity contribution is 0.215. The standard InChI is InChI=1S/C16H25N3/c17-11-14-5-1-2-6-15(14)12-18-8-4-10-19-9-3-7-16(19)13-18/h1-2,5-6,16H,3-4,7-13,17H2. The summed E-state index contributed by atoms with van der Waals surface area (Å²) in [5.41, 5.74) is 8.56. The molecule has 2 aliphatic heterocycles. The molecule has 0 radical (unpaired) electrons. The molecule has 1 atom stereocenters. The highest BCUT2D eigenvalue weighted by Gasteiger charge is 2.28. The lowest BCUT2D eigenvalue weighted by Gasteiger charge is -2.26. The fourth-order valence-corrected chi connectivity index (χ4v) is 3.58. The van der Waals surface area contributed by atoms with E-state index in [-0.39, 0.29) is 0 Å². The van der Waals surface area contributed by atoms with E-state index in [2.05, 4.69) is 34.1 Å². The van der Waals surface area contributed by atoms with E-state index in [1.54, 1.807) is 0 Å². The molecule has 0 aliphatic carbocycles. The Morgan fingerprint density at radius 3 is 2.68 bits per heavy atom. The van der Waals surface area contributed by atoms with Crippen molar-refractivity contribution in [3.8, 4) is 0 Å². The maximum Gasteiger partial charge on any atom is 0.0237 e. The molecule has 3 nitrogen and oxygen atoms in total. The largest absolute Gasteiger partial charge is 0.326 e. The molecule has 2 saturated heterocycles. The van der Waals surface area contributed by atoms with Gasteiger partial charge in [0.15, 0.2) is 0 Å². The maximum absolute atomic E-state index is 5.85. The molecule has 3 heteroatoms. The Kier molecular flexibility index (Phi) is 4.16. The molecule has 0 spiro atoms. The molecule has 0 bridgehead atoms. The summed E-state index contributed by atoms with van der Waals surface area (Å²) in [5.74, 6) is 0. The first-order valence-corrected chi connectivity index (χ1v) is 7.60. The van der Waals surface area contributed by atoms with Gasteiger partial charge in [0.05, 0.1) is 0 Å². The average Bonchev–Trinajstić information content (AvgIpc) is 2.78. The zero-order valence-corrected chi connectivity index (χ0v) is 11.7. The van der Waals surface area contributed by atoms with Crippen molar-refractivity contribution in [3.05, 3.63) is 35.4 Å². The molecule has 104 valence electrons. The molecule has 1 unspecified atom stereocenters. The van der Waals surface area contributed by atoms with Gasteiger partial charge in [0.25, 0.3) is 0 Å². The topological polar surface area (TPSA) is 32.5 Å². The Hall–Kier alpha value is -0.900. The van der Waals surface area contributed by atoms with Crippen LogP contribution in [0.2, 0.25) is 0 Å². The van der Waals surface area contributed by atoms with Crippen molar-refractivity contribution < 1.29 is 0 Å². The molecule has 0 aromatic heterocycles. The zero-order valence-electron chi connectivity index (χ0n) is 11.7. The monoisotopic (exact) mass is 259 g/mol. The van der Waals surface area contributed by atoms with Gasteiger partial charge in [0.2, 0.25) is 0 Å². The Labute approximate surface area is 116 Å². The van der Waals surface area contributed by atoms with Crippen molar-refractivity contribution in [2.24, 2.45) is 5.73 Å². The highest BCUT2D eigenvalue weighted by atomic mass is 15.3. The van der Waals surface area contributed by atoms with E-state index in [1.165, 1.54) is 56.6 Å². The Balaban J connectivity index is 1.68. The van der Waals surface area contributed by atoms with Crippen LogP contribution in [-0.4, -0.2) is 42.0 Å². The van der Waals surface area contributed by atoms with Crippen LogP contribution in [0.5, 0.6) is 0 Å². The molecular weight excluding hydrogens is 234 g/mol. The van der Waals surface area contributed by atoms with Gasteiger partial charge < -0.3 is 5.73 Å². The number of fused-ring (bicyclic) bond motifs is 1. The van der Waals surface area contributed by atoms with E-state index < -0.39 is 0 Å². The van der Waals surface area contributed by atoms with E-state index in [0.717, 1.165) is 12.6 Å². The smallest absolute Gasteiger partial charge is 0.0237 e. The van der Waals surface area contributed by atoms with Gasteiger partial charge in [-0.1, -0.05) is 24.3 Å². The molecule has 0 saturated carbocycles. The third-order valence-corrected chi connectivity index (χ3v) is 4.62. The van der Waals surface area contributed by atoms with Gasteiger partial charge in [-0.15, -0.1) is 0 Å². The number of hydrogen-bond donors (Lipinski definition) is 1. The van der Waals surface area contributed by atoms with E-state index in [9.17, 15) is 0 Å². The molecule has 1 aromatic carbocycles. The second kappa shape index (κ2) is 6.04. The van der Waals surface area contributed by atoms with Gasteiger partial charge in [0.1, 0.15) is 0 Å². The first-order valence-electron chi connectivity index (χ1n) is 7.60. The van der Waals surface area contributed by atoms with Crippen molar-refractivity contribution >= 4 is 0 Å². The second-order valence-electron chi connectivity index (χ2n) is 5.89. The van der Waals surface area contributed by atoms with Gasteiger partial charge in [-0.05, 0) is 50.0 Å². The van der Waals surface area contributed by atoms with Crippen molar-refractivity contribution in [2.75, 3.05) is 26.2 Å². The van der Waals surface area contributed by atoms with Crippen LogP contribution in [0.3, 0.4) is 0 Å². The van der Waals surface area contributed by atoms with Crippen LogP contribution in [0.1, 0.15) is 30.4 Å². The predicted octanol–water partition coefficient (Wildman–Crippen LogP) is 1.82. The fraction of sp³-hybridized carbons (Fsp3) is 0.625. The minimum absolute atomic E-state index is 0.652. The van der Waals surface area contributed by atoms with Gasteiger partial charge >= 0.3 is 0 Å². The summed E-state index contributed by atoms with van der Waals surface area (Å²) in [6.45, 7) is 6.79. The molecule has 3 rings (SSSR count). The Bertz CT molecular complexity index is 418.